The second kappa shape index (κ2) is 4.57. The number of aromatic nitrogens is 1. The first kappa shape index (κ1) is 13.4. The molecule has 1 atom stereocenters. The Balaban J connectivity index is 2.42. The first-order valence-corrected chi connectivity index (χ1v) is 6.53. The van der Waals surface area contributed by atoms with E-state index in [1.807, 2.05) is 0 Å². The molecule has 0 amide bonds. The van der Waals surface area contributed by atoms with Crippen LogP contribution in [0.25, 0.3) is 0 Å². The Labute approximate surface area is 107 Å². The summed E-state index contributed by atoms with van der Waals surface area (Å²) in [5, 5.41) is 0. The van der Waals surface area contributed by atoms with Crippen LogP contribution in [0.5, 0.6) is 0 Å². The van der Waals surface area contributed by atoms with Crippen molar-refractivity contribution in [3.8, 4) is 0 Å². The lowest BCUT2D eigenvalue weighted by Crippen LogP contribution is -2.30. The summed E-state index contributed by atoms with van der Waals surface area (Å²) in [6.07, 6.45) is -0.968. The second-order valence-corrected chi connectivity index (χ2v) is 6.03. The molecule has 1 aromatic heterocycles. The van der Waals surface area contributed by atoms with Gasteiger partial charge in [0.1, 0.15) is 0 Å². The number of hydrogen-bond donors (Lipinski definition) is 0. The van der Waals surface area contributed by atoms with Crippen LogP contribution in [0.4, 0.5) is 13.2 Å². The molecule has 1 saturated heterocycles. The van der Waals surface area contributed by atoms with Gasteiger partial charge in [-0.05, 0) is 31.6 Å². The number of carbonyl (C=O) groups is 1. The number of carbonyl (C=O) groups excluding carboxylic acids is 1. The van der Waals surface area contributed by atoms with Gasteiger partial charge in [-0.1, -0.05) is 0 Å². The molecule has 0 N–H and O–H groups in total. The van der Waals surface area contributed by atoms with Gasteiger partial charge >= 0.3 is 6.18 Å². The minimum absolute atomic E-state index is 0.318. The fraction of sp³-hybridized carbons (Fsp3) is 0.500. The van der Waals surface area contributed by atoms with Crippen LogP contribution in [-0.4, -0.2) is 21.3 Å². The van der Waals surface area contributed by atoms with Gasteiger partial charge in [0.05, 0.1) is 10.3 Å². The highest BCUT2D eigenvalue weighted by atomic mass is 32.2. The summed E-state index contributed by atoms with van der Waals surface area (Å²) in [7, 11) is 0. The smallest absolute Gasteiger partial charge is 0.293 e. The zero-order chi connectivity index (χ0) is 13.4. The fourth-order valence-electron chi connectivity index (χ4n) is 2.07. The summed E-state index contributed by atoms with van der Waals surface area (Å²) >= 11 is 1.42. The number of halogens is 3. The summed E-state index contributed by atoms with van der Waals surface area (Å²) in [5.41, 5.74) is -1.21. The fourth-order valence-corrected chi connectivity index (χ4v) is 3.33. The van der Waals surface area contributed by atoms with Gasteiger partial charge in [-0.2, -0.15) is 13.2 Å². The van der Waals surface area contributed by atoms with Gasteiger partial charge in [0.15, 0.2) is 5.78 Å². The third kappa shape index (κ3) is 2.39. The average molecular weight is 275 g/mol. The quantitative estimate of drug-likeness (QED) is 0.773. The second-order valence-electron chi connectivity index (χ2n) is 4.43. The summed E-state index contributed by atoms with van der Waals surface area (Å²) in [5.74, 6) is 0.342. The van der Waals surface area contributed by atoms with E-state index in [0.29, 0.717) is 6.42 Å². The van der Waals surface area contributed by atoms with Crippen LogP contribution in [0.2, 0.25) is 0 Å². The van der Waals surface area contributed by atoms with E-state index in [-0.39, 0.29) is 5.56 Å². The van der Waals surface area contributed by atoms with Crippen molar-refractivity contribution in [2.75, 3.05) is 5.75 Å². The van der Waals surface area contributed by atoms with Crippen molar-refractivity contribution in [1.82, 2.24) is 4.98 Å². The van der Waals surface area contributed by atoms with Crippen molar-refractivity contribution in [2.24, 2.45) is 0 Å². The van der Waals surface area contributed by atoms with E-state index in [9.17, 15) is 18.0 Å². The van der Waals surface area contributed by atoms with Crippen LogP contribution in [0.1, 0.15) is 35.7 Å². The SMILES string of the molecule is CC1(C(=O)c2cnccc2C(F)(F)F)CCCS1. The highest BCUT2D eigenvalue weighted by molar-refractivity contribution is 8.01. The van der Waals surface area contributed by atoms with Gasteiger partial charge in [0.25, 0.3) is 0 Å². The van der Waals surface area contributed by atoms with Crippen molar-refractivity contribution < 1.29 is 18.0 Å². The lowest BCUT2D eigenvalue weighted by atomic mass is 9.93. The van der Waals surface area contributed by atoms with E-state index in [4.69, 9.17) is 0 Å². The molecule has 1 aliphatic heterocycles. The number of hydrogen-bond acceptors (Lipinski definition) is 3. The van der Waals surface area contributed by atoms with E-state index in [1.165, 1.54) is 11.8 Å². The lowest BCUT2D eigenvalue weighted by Gasteiger charge is -2.22. The van der Waals surface area contributed by atoms with Gasteiger partial charge in [0.2, 0.25) is 0 Å². The first-order chi connectivity index (χ1) is 8.34. The van der Waals surface area contributed by atoms with Crippen LogP contribution in [-0.2, 0) is 6.18 Å². The van der Waals surface area contributed by atoms with Gasteiger partial charge in [-0.25, -0.2) is 0 Å². The predicted octanol–water partition coefficient (Wildman–Crippen LogP) is 3.57. The molecule has 0 aromatic carbocycles. The highest BCUT2D eigenvalue weighted by Crippen LogP contribution is 2.42. The third-order valence-corrected chi connectivity index (χ3v) is 4.59. The molecule has 0 radical (unpaired) electrons. The summed E-state index contributed by atoms with van der Waals surface area (Å²) < 4.78 is 37.8. The topological polar surface area (TPSA) is 30.0 Å². The number of alkyl halides is 3. The molecule has 1 aliphatic rings. The number of rotatable bonds is 2. The molecule has 2 rings (SSSR count). The highest BCUT2D eigenvalue weighted by Gasteiger charge is 2.42. The zero-order valence-electron chi connectivity index (χ0n) is 9.75. The molecule has 1 fully saturated rings. The van der Waals surface area contributed by atoms with Crippen LogP contribution in [0.15, 0.2) is 18.5 Å². The van der Waals surface area contributed by atoms with Crippen LogP contribution in [0, 0.1) is 0 Å². The standard InChI is InChI=1S/C12H12F3NOS/c1-11(4-2-6-18-11)10(17)8-7-16-5-3-9(8)12(13,14)15/h3,5,7H,2,4,6H2,1H3. The molecule has 0 bridgehead atoms. The van der Waals surface area contributed by atoms with Crippen molar-refractivity contribution in [3.63, 3.8) is 0 Å². The molecular formula is C12H12F3NOS. The molecule has 0 spiro atoms. The Morgan fingerprint density at radius 1 is 1.50 bits per heavy atom. The van der Waals surface area contributed by atoms with E-state index in [1.54, 1.807) is 6.92 Å². The van der Waals surface area contributed by atoms with Crippen LogP contribution in [0.3, 0.4) is 0 Å². The number of ketones is 1. The van der Waals surface area contributed by atoms with Gasteiger partial charge in [-0.3, -0.25) is 9.78 Å². The van der Waals surface area contributed by atoms with E-state index < -0.39 is 22.3 Å². The number of Topliss-reactive ketones (excluding diaryl/α,β-unsaturated/α-hetero) is 1. The van der Waals surface area contributed by atoms with Crippen LogP contribution >= 0.6 is 11.8 Å². The maximum absolute atomic E-state index is 12.8. The Morgan fingerprint density at radius 2 is 2.22 bits per heavy atom. The largest absolute Gasteiger partial charge is 0.417 e. The minimum Gasteiger partial charge on any atom is -0.293 e. The molecule has 98 valence electrons. The van der Waals surface area contributed by atoms with E-state index in [0.717, 1.165) is 30.6 Å². The maximum Gasteiger partial charge on any atom is 0.417 e. The molecule has 18 heavy (non-hydrogen) atoms. The van der Waals surface area contributed by atoms with Crippen molar-refractivity contribution in [1.29, 1.82) is 0 Å². The molecular weight excluding hydrogens is 263 g/mol. The lowest BCUT2D eigenvalue weighted by molar-refractivity contribution is -0.138. The van der Waals surface area contributed by atoms with Gasteiger partial charge in [-0.15, -0.1) is 11.8 Å². The summed E-state index contributed by atoms with van der Waals surface area (Å²) in [6.45, 7) is 1.71. The van der Waals surface area contributed by atoms with Crippen molar-refractivity contribution in [3.05, 3.63) is 29.6 Å². The maximum atomic E-state index is 12.8. The predicted molar refractivity (Wildman–Crippen MR) is 63.7 cm³/mol. The van der Waals surface area contributed by atoms with E-state index >= 15 is 0 Å². The summed E-state index contributed by atoms with van der Waals surface area (Å²) in [4.78, 5) is 15.9. The van der Waals surface area contributed by atoms with Crippen molar-refractivity contribution in [2.45, 2.75) is 30.7 Å². The Hall–Kier alpha value is -1.04. The Morgan fingerprint density at radius 3 is 2.78 bits per heavy atom. The Kier molecular flexibility index (Phi) is 3.40. The molecule has 0 aliphatic carbocycles. The first-order valence-electron chi connectivity index (χ1n) is 5.54. The molecule has 1 unspecified atom stereocenters. The van der Waals surface area contributed by atoms with Gasteiger partial charge in [0, 0.05) is 18.0 Å². The summed E-state index contributed by atoms with van der Waals surface area (Å²) in [6, 6.07) is 0.857. The number of thioether (sulfide) groups is 1. The third-order valence-electron chi connectivity index (χ3n) is 3.07. The monoisotopic (exact) mass is 275 g/mol. The average Bonchev–Trinajstić information content (AvgIpc) is 2.75. The number of nitrogens with zero attached hydrogens (tertiary/aromatic N) is 1. The normalized spacial score (nSPS) is 24.2. The molecule has 2 nitrogen and oxygen atoms in total. The zero-order valence-corrected chi connectivity index (χ0v) is 10.6. The Bertz CT molecular complexity index is 467. The van der Waals surface area contributed by atoms with Gasteiger partial charge < -0.3 is 0 Å². The van der Waals surface area contributed by atoms with E-state index in [2.05, 4.69) is 4.98 Å². The molecule has 6 heteroatoms. The minimum atomic E-state index is -4.52. The van der Waals surface area contributed by atoms with Crippen molar-refractivity contribution >= 4 is 17.5 Å². The van der Waals surface area contributed by atoms with Crippen LogP contribution < -0.4 is 0 Å². The number of pyridine rings is 1. The molecule has 0 saturated carbocycles. The molecule has 2 heterocycles. The molecule has 1 aromatic rings.